The Balaban J connectivity index is 1.67. The highest BCUT2D eigenvalue weighted by Crippen LogP contribution is 2.24. The van der Waals surface area contributed by atoms with Crippen molar-refractivity contribution in [3.8, 4) is 0 Å². The number of aromatic nitrogens is 1. The second-order valence-corrected chi connectivity index (χ2v) is 7.48. The van der Waals surface area contributed by atoms with E-state index in [1.807, 2.05) is 13.8 Å². The molecule has 7 nitrogen and oxygen atoms in total. The van der Waals surface area contributed by atoms with Crippen LogP contribution >= 0.6 is 0 Å². The molecular weight excluding hydrogens is 320 g/mol. The standard InChI is InChI=1S/C18H28N4O3/c1-11(2)18-20-13-10-21(7-5-15(13)25-18)16(23)9-14-17(24)19-6-8-22(14)12(3)4/h11-12,14H,5-10H2,1-4H3,(H,19,24). The van der Waals surface area contributed by atoms with E-state index in [-0.39, 0.29) is 36.2 Å². The van der Waals surface area contributed by atoms with Gasteiger partial charge in [0.2, 0.25) is 11.8 Å². The minimum Gasteiger partial charge on any atom is -0.445 e. The molecule has 1 fully saturated rings. The van der Waals surface area contributed by atoms with Crippen molar-refractivity contribution < 1.29 is 14.0 Å². The molecule has 0 aliphatic carbocycles. The number of nitrogens with zero attached hydrogens (tertiary/aromatic N) is 3. The number of hydrogen-bond donors (Lipinski definition) is 1. The van der Waals surface area contributed by atoms with Gasteiger partial charge in [-0.05, 0) is 13.8 Å². The van der Waals surface area contributed by atoms with E-state index in [1.54, 1.807) is 4.90 Å². The maximum absolute atomic E-state index is 12.8. The van der Waals surface area contributed by atoms with Gasteiger partial charge in [0.15, 0.2) is 5.89 Å². The summed E-state index contributed by atoms with van der Waals surface area (Å²) in [5.41, 5.74) is 0.858. The molecule has 7 heteroatoms. The smallest absolute Gasteiger partial charge is 0.237 e. The van der Waals surface area contributed by atoms with Crippen molar-refractivity contribution in [3.63, 3.8) is 0 Å². The second-order valence-electron chi connectivity index (χ2n) is 7.48. The van der Waals surface area contributed by atoms with Crippen LogP contribution in [0.5, 0.6) is 0 Å². The van der Waals surface area contributed by atoms with Crippen LogP contribution in [0.2, 0.25) is 0 Å². The van der Waals surface area contributed by atoms with Gasteiger partial charge < -0.3 is 14.6 Å². The Bertz CT molecular complexity index is 653. The van der Waals surface area contributed by atoms with Crippen molar-refractivity contribution in [1.29, 1.82) is 0 Å². The molecule has 1 atom stereocenters. The predicted molar refractivity (Wildman–Crippen MR) is 93.0 cm³/mol. The molecular formula is C18H28N4O3. The molecule has 3 rings (SSSR count). The summed E-state index contributed by atoms with van der Waals surface area (Å²) in [6.45, 7) is 10.7. The zero-order valence-corrected chi connectivity index (χ0v) is 15.5. The minimum absolute atomic E-state index is 0.00690. The molecule has 1 saturated heterocycles. The lowest BCUT2D eigenvalue weighted by Crippen LogP contribution is -2.58. The lowest BCUT2D eigenvalue weighted by atomic mass is 10.0. The van der Waals surface area contributed by atoms with Crippen LogP contribution in [0.3, 0.4) is 0 Å². The molecule has 138 valence electrons. The highest BCUT2D eigenvalue weighted by Gasteiger charge is 2.35. The van der Waals surface area contributed by atoms with Gasteiger partial charge in [0.05, 0.1) is 19.0 Å². The Morgan fingerprint density at radius 3 is 2.76 bits per heavy atom. The first-order valence-corrected chi connectivity index (χ1v) is 9.16. The molecule has 1 aromatic rings. The molecule has 0 aromatic carbocycles. The molecule has 0 bridgehead atoms. The van der Waals surface area contributed by atoms with Crippen molar-refractivity contribution in [1.82, 2.24) is 20.1 Å². The van der Waals surface area contributed by atoms with E-state index in [0.29, 0.717) is 26.1 Å². The Morgan fingerprint density at radius 1 is 1.32 bits per heavy atom. The molecule has 3 heterocycles. The van der Waals surface area contributed by atoms with Gasteiger partial charge in [-0.2, -0.15) is 0 Å². The van der Waals surface area contributed by atoms with Crippen LogP contribution in [0, 0.1) is 0 Å². The Kier molecular flexibility index (Phi) is 5.13. The molecule has 0 spiro atoms. The van der Waals surface area contributed by atoms with Crippen molar-refractivity contribution in [3.05, 3.63) is 17.3 Å². The van der Waals surface area contributed by atoms with Gasteiger partial charge in [0.25, 0.3) is 0 Å². The first-order chi connectivity index (χ1) is 11.9. The summed E-state index contributed by atoms with van der Waals surface area (Å²) in [5.74, 6) is 1.83. The van der Waals surface area contributed by atoms with Crippen molar-refractivity contribution in [2.24, 2.45) is 0 Å². The fraction of sp³-hybridized carbons (Fsp3) is 0.722. The molecule has 1 unspecified atom stereocenters. The first kappa shape index (κ1) is 17.9. The zero-order chi connectivity index (χ0) is 18.1. The monoisotopic (exact) mass is 348 g/mol. The fourth-order valence-electron chi connectivity index (χ4n) is 3.53. The highest BCUT2D eigenvalue weighted by atomic mass is 16.4. The Hall–Kier alpha value is -1.89. The normalized spacial score (nSPS) is 21.6. The van der Waals surface area contributed by atoms with Crippen LogP contribution < -0.4 is 5.32 Å². The van der Waals surface area contributed by atoms with Gasteiger partial charge in [-0.1, -0.05) is 13.8 Å². The minimum atomic E-state index is -0.383. The number of fused-ring (bicyclic) bond motifs is 1. The molecule has 2 aliphatic rings. The van der Waals surface area contributed by atoms with Crippen LogP contribution in [0.25, 0.3) is 0 Å². The number of nitrogens with one attached hydrogen (secondary N) is 1. The summed E-state index contributed by atoms with van der Waals surface area (Å²) in [7, 11) is 0. The van der Waals surface area contributed by atoms with Crippen molar-refractivity contribution >= 4 is 11.8 Å². The molecule has 25 heavy (non-hydrogen) atoms. The Labute approximate surface area is 148 Å². The van der Waals surface area contributed by atoms with Gasteiger partial charge in [-0.25, -0.2) is 4.98 Å². The summed E-state index contributed by atoms with van der Waals surface area (Å²) >= 11 is 0. The third-order valence-electron chi connectivity index (χ3n) is 4.99. The second kappa shape index (κ2) is 7.15. The maximum Gasteiger partial charge on any atom is 0.237 e. The van der Waals surface area contributed by atoms with Gasteiger partial charge >= 0.3 is 0 Å². The molecule has 2 amide bonds. The highest BCUT2D eigenvalue weighted by molar-refractivity contribution is 5.89. The molecule has 1 aromatic heterocycles. The summed E-state index contributed by atoms with van der Waals surface area (Å²) in [5, 5.41) is 2.88. The number of carbonyl (C=O) groups excluding carboxylic acids is 2. The summed E-state index contributed by atoms with van der Waals surface area (Å²) in [4.78, 5) is 33.5. The average molecular weight is 348 g/mol. The number of amides is 2. The molecule has 1 N–H and O–H groups in total. The van der Waals surface area contributed by atoms with E-state index in [9.17, 15) is 9.59 Å². The van der Waals surface area contributed by atoms with E-state index in [0.717, 1.165) is 23.9 Å². The number of carbonyl (C=O) groups is 2. The first-order valence-electron chi connectivity index (χ1n) is 9.16. The topological polar surface area (TPSA) is 78.7 Å². The summed E-state index contributed by atoms with van der Waals surface area (Å²) in [6.07, 6.45) is 0.903. The van der Waals surface area contributed by atoms with Gasteiger partial charge in [0, 0.05) is 38.0 Å². The predicted octanol–water partition coefficient (Wildman–Crippen LogP) is 1.28. The lowest BCUT2D eigenvalue weighted by molar-refractivity contribution is -0.140. The fourth-order valence-corrected chi connectivity index (χ4v) is 3.53. The van der Waals surface area contributed by atoms with E-state index in [2.05, 4.69) is 29.0 Å². The van der Waals surface area contributed by atoms with E-state index in [1.165, 1.54) is 0 Å². The van der Waals surface area contributed by atoms with Crippen LogP contribution in [0.4, 0.5) is 0 Å². The van der Waals surface area contributed by atoms with E-state index in [4.69, 9.17) is 4.42 Å². The van der Waals surface area contributed by atoms with Crippen molar-refractivity contribution in [2.45, 2.75) is 65.1 Å². The number of hydrogen-bond acceptors (Lipinski definition) is 5. The van der Waals surface area contributed by atoms with E-state index >= 15 is 0 Å². The molecule has 2 aliphatic heterocycles. The average Bonchev–Trinajstić information content (AvgIpc) is 2.99. The molecule has 0 radical (unpaired) electrons. The van der Waals surface area contributed by atoms with Crippen molar-refractivity contribution in [2.75, 3.05) is 19.6 Å². The van der Waals surface area contributed by atoms with Gasteiger partial charge in [-0.15, -0.1) is 0 Å². The van der Waals surface area contributed by atoms with E-state index < -0.39 is 0 Å². The maximum atomic E-state index is 12.8. The zero-order valence-electron chi connectivity index (χ0n) is 15.5. The number of piperazine rings is 1. The lowest BCUT2D eigenvalue weighted by Gasteiger charge is -2.38. The van der Waals surface area contributed by atoms with Crippen LogP contribution in [-0.4, -0.2) is 58.3 Å². The van der Waals surface area contributed by atoms with Crippen LogP contribution in [-0.2, 0) is 22.6 Å². The number of rotatable bonds is 4. The van der Waals surface area contributed by atoms with Gasteiger partial charge in [-0.3, -0.25) is 14.5 Å². The third kappa shape index (κ3) is 3.71. The quantitative estimate of drug-likeness (QED) is 0.887. The van der Waals surface area contributed by atoms with Crippen LogP contribution in [0.1, 0.15) is 57.4 Å². The molecule has 0 saturated carbocycles. The third-order valence-corrected chi connectivity index (χ3v) is 4.99. The van der Waals surface area contributed by atoms with Gasteiger partial charge in [0.1, 0.15) is 11.5 Å². The summed E-state index contributed by atoms with van der Waals surface area (Å²) in [6, 6.07) is -0.146. The number of oxazole rings is 1. The van der Waals surface area contributed by atoms with Crippen LogP contribution in [0.15, 0.2) is 4.42 Å². The largest absolute Gasteiger partial charge is 0.445 e. The SMILES string of the molecule is CC(C)c1nc2c(o1)CCN(C(=O)CC1C(=O)NCCN1C(C)C)C2. The Morgan fingerprint density at radius 2 is 2.08 bits per heavy atom. The summed E-state index contributed by atoms with van der Waals surface area (Å²) < 4.78 is 5.79.